The molecule has 0 amide bonds. The predicted octanol–water partition coefficient (Wildman–Crippen LogP) is 4.11. The van der Waals surface area contributed by atoms with Crippen molar-refractivity contribution in [3.63, 3.8) is 0 Å². The summed E-state index contributed by atoms with van der Waals surface area (Å²) in [6, 6.07) is 7.21. The highest BCUT2D eigenvalue weighted by Gasteiger charge is 2.20. The Morgan fingerprint density at radius 3 is 2.43 bits per heavy atom. The summed E-state index contributed by atoms with van der Waals surface area (Å²) in [5, 5.41) is 13.0. The Kier molecular flexibility index (Phi) is 8.30. The highest BCUT2D eigenvalue weighted by Crippen LogP contribution is 2.32. The van der Waals surface area contributed by atoms with Crippen molar-refractivity contribution < 1.29 is 5.11 Å². The monoisotopic (exact) mass is 356 g/mol. The van der Waals surface area contributed by atoms with Crippen molar-refractivity contribution in [1.82, 2.24) is 5.32 Å². The third-order valence-corrected chi connectivity index (χ3v) is 4.50. The van der Waals surface area contributed by atoms with Crippen LogP contribution in [0.5, 0.6) is 0 Å². The summed E-state index contributed by atoms with van der Waals surface area (Å²) in [4.78, 5) is 2.36. The number of hydrogen-bond acceptors (Lipinski definition) is 3. The van der Waals surface area contributed by atoms with Gasteiger partial charge >= 0.3 is 0 Å². The van der Waals surface area contributed by atoms with E-state index in [-0.39, 0.29) is 6.61 Å². The second-order valence-electron chi connectivity index (χ2n) is 5.37. The van der Waals surface area contributed by atoms with Gasteiger partial charge in [-0.25, -0.2) is 0 Å². The summed E-state index contributed by atoms with van der Waals surface area (Å²) in [7, 11) is 0. The Hall–Kier alpha value is -0.580. The number of aliphatic hydroxyl groups is 1. The van der Waals surface area contributed by atoms with E-state index in [2.05, 4.69) is 72.0 Å². The van der Waals surface area contributed by atoms with Gasteiger partial charge in [0.05, 0.1) is 6.61 Å². The summed E-state index contributed by atoms with van der Waals surface area (Å²) >= 11 is 3.59. The lowest BCUT2D eigenvalue weighted by molar-refractivity contribution is 0.295. The number of nitrogens with one attached hydrogen (secondary N) is 1. The number of halogens is 1. The lowest BCUT2D eigenvalue weighted by Crippen LogP contribution is -2.38. The first-order valence-corrected chi connectivity index (χ1v) is 8.78. The molecule has 3 nitrogen and oxygen atoms in total. The molecule has 4 heteroatoms. The van der Waals surface area contributed by atoms with Gasteiger partial charge in [-0.05, 0) is 44.0 Å². The molecule has 0 saturated carbocycles. The molecular weight excluding hydrogens is 328 g/mol. The minimum Gasteiger partial charge on any atom is -0.395 e. The molecule has 0 aliphatic heterocycles. The summed E-state index contributed by atoms with van der Waals surface area (Å²) in [6.45, 7) is 10.5. The van der Waals surface area contributed by atoms with Crippen molar-refractivity contribution in [3.05, 3.63) is 28.2 Å². The van der Waals surface area contributed by atoms with Crippen molar-refractivity contribution in [3.8, 4) is 0 Å². The minimum absolute atomic E-state index is 0.179. The third kappa shape index (κ3) is 4.97. The van der Waals surface area contributed by atoms with Crippen LogP contribution in [0.4, 0.5) is 5.69 Å². The van der Waals surface area contributed by atoms with Crippen LogP contribution in [0.1, 0.15) is 52.1 Å². The summed E-state index contributed by atoms with van der Waals surface area (Å²) in [6.07, 6.45) is 2.16. The molecule has 0 heterocycles. The number of rotatable bonds is 9. The first kappa shape index (κ1) is 18.5. The molecule has 1 aromatic carbocycles. The van der Waals surface area contributed by atoms with Crippen LogP contribution >= 0.6 is 15.9 Å². The molecule has 0 bridgehead atoms. The van der Waals surface area contributed by atoms with Gasteiger partial charge in [0.1, 0.15) is 0 Å². The molecule has 2 N–H and O–H groups in total. The average molecular weight is 357 g/mol. The van der Waals surface area contributed by atoms with E-state index in [9.17, 15) is 5.11 Å². The molecule has 0 spiro atoms. The van der Waals surface area contributed by atoms with E-state index in [4.69, 9.17) is 0 Å². The zero-order valence-corrected chi connectivity index (χ0v) is 15.3. The average Bonchev–Trinajstić information content (AvgIpc) is 2.47. The van der Waals surface area contributed by atoms with Crippen LogP contribution in [0.3, 0.4) is 0 Å². The largest absolute Gasteiger partial charge is 0.395 e. The van der Waals surface area contributed by atoms with Crippen LogP contribution in [0, 0.1) is 0 Å². The fraction of sp³-hybridized carbons (Fsp3) is 0.647. The molecule has 0 aromatic heterocycles. The van der Waals surface area contributed by atoms with Crippen LogP contribution in [-0.4, -0.2) is 30.8 Å². The van der Waals surface area contributed by atoms with E-state index in [0.717, 1.165) is 23.9 Å². The van der Waals surface area contributed by atoms with E-state index in [1.165, 1.54) is 11.3 Å². The van der Waals surface area contributed by atoms with Crippen molar-refractivity contribution in [1.29, 1.82) is 0 Å². The molecule has 1 rings (SSSR count). The van der Waals surface area contributed by atoms with Crippen LogP contribution in [0.2, 0.25) is 0 Å². The zero-order chi connectivity index (χ0) is 15.8. The van der Waals surface area contributed by atoms with Gasteiger partial charge in [-0.1, -0.05) is 42.8 Å². The second-order valence-corrected chi connectivity index (χ2v) is 6.29. The van der Waals surface area contributed by atoms with E-state index < -0.39 is 0 Å². The van der Waals surface area contributed by atoms with Crippen molar-refractivity contribution >= 4 is 21.6 Å². The van der Waals surface area contributed by atoms with E-state index in [1.807, 2.05) is 0 Å². The number of anilines is 1. The van der Waals surface area contributed by atoms with E-state index >= 15 is 0 Å². The molecular formula is C17H29BrN2O. The maximum absolute atomic E-state index is 9.47. The van der Waals surface area contributed by atoms with Gasteiger partial charge in [-0.15, -0.1) is 0 Å². The Morgan fingerprint density at radius 1 is 1.24 bits per heavy atom. The molecule has 21 heavy (non-hydrogen) atoms. The van der Waals surface area contributed by atoms with Crippen LogP contribution in [0.15, 0.2) is 22.7 Å². The topological polar surface area (TPSA) is 35.5 Å². The molecule has 0 radical (unpaired) electrons. The Balaban J connectivity index is 3.24. The molecule has 0 aliphatic carbocycles. The van der Waals surface area contributed by atoms with Crippen molar-refractivity contribution in [2.75, 3.05) is 24.6 Å². The van der Waals surface area contributed by atoms with Gasteiger partial charge in [0.15, 0.2) is 0 Å². The van der Waals surface area contributed by atoms with E-state index in [0.29, 0.717) is 18.6 Å². The van der Waals surface area contributed by atoms with Gasteiger partial charge in [-0.2, -0.15) is 0 Å². The van der Waals surface area contributed by atoms with Crippen LogP contribution < -0.4 is 10.2 Å². The molecule has 1 aromatic rings. The Bertz CT molecular complexity index is 421. The molecule has 1 unspecified atom stereocenters. The summed E-state index contributed by atoms with van der Waals surface area (Å²) in [5.41, 5.74) is 2.51. The lowest BCUT2D eigenvalue weighted by atomic mass is 10.0. The van der Waals surface area contributed by atoms with Crippen molar-refractivity contribution in [2.24, 2.45) is 0 Å². The maximum Gasteiger partial charge on any atom is 0.0606 e. The third-order valence-electron chi connectivity index (χ3n) is 4.00. The fourth-order valence-corrected chi connectivity index (χ4v) is 3.23. The number of benzene rings is 1. The van der Waals surface area contributed by atoms with Gasteiger partial charge in [0.25, 0.3) is 0 Å². The van der Waals surface area contributed by atoms with Gasteiger partial charge < -0.3 is 15.3 Å². The van der Waals surface area contributed by atoms with Gasteiger partial charge in [-0.3, -0.25) is 0 Å². The normalized spacial score (nSPS) is 12.7. The van der Waals surface area contributed by atoms with Gasteiger partial charge in [0.2, 0.25) is 0 Å². The number of hydrogen-bond donors (Lipinski definition) is 2. The highest BCUT2D eigenvalue weighted by molar-refractivity contribution is 9.10. The number of aliphatic hydroxyl groups excluding tert-OH is 1. The summed E-state index contributed by atoms with van der Waals surface area (Å²) in [5.74, 6) is 0. The maximum atomic E-state index is 9.47. The van der Waals surface area contributed by atoms with Crippen LogP contribution in [-0.2, 0) is 0 Å². The highest BCUT2D eigenvalue weighted by atomic mass is 79.9. The van der Waals surface area contributed by atoms with Crippen molar-refractivity contribution in [2.45, 2.75) is 52.6 Å². The molecule has 1 atom stereocenters. The molecule has 0 saturated heterocycles. The van der Waals surface area contributed by atoms with E-state index in [1.54, 1.807) is 0 Å². The standard InChI is InChI=1S/C17H29BrN2O/c1-5-15(6-2)20(10-11-21)17-12-14(18)8-9-16(17)13(4)19-7-3/h8-9,12-13,15,19,21H,5-7,10-11H2,1-4H3. The first-order valence-electron chi connectivity index (χ1n) is 7.99. The number of nitrogens with zero attached hydrogens (tertiary/aromatic N) is 1. The predicted molar refractivity (Wildman–Crippen MR) is 95.0 cm³/mol. The van der Waals surface area contributed by atoms with Crippen LogP contribution in [0.25, 0.3) is 0 Å². The zero-order valence-electron chi connectivity index (χ0n) is 13.7. The second kappa shape index (κ2) is 9.44. The smallest absolute Gasteiger partial charge is 0.0606 e. The lowest BCUT2D eigenvalue weighted by Gasteiger charge is -2.35. The fourth-order valence-electron chi connectivity index (χ4n) is 2.88. The Morgan fingerprint density at radius 2 is 1.90 bits per heavy atom. The SMILES string of the molecule is CCNC(C)c1ccc(Br)cc1N(CCO)C(CC)CC. The molecule has 0 aliphatic rings. The van der Waals surface area contributed by atoms with Gasteiger partial charge in [0, 0.05) is 28.8 Å². The minimum atomic E-state index is 0.179. The first-order chi connectivity index (χ1) is 10.1. The Labute approximate surface area is 137 Å². The quantitative estimate of drug-likeness (QED) is 0.698. The molecule has 0 fully saturated rings. The summed E-state index contributed by atoms with van der Waals surface area (Å²) < 4.78 is 1.08. The molecule has 120 valence electrons.